The third kappa shape index (κ3) is 4.93. The fourth-order valence-electron chi connectivity index (χ4n) is 4.44. The molecule has 0 bridgehead atoms. The summed E-state index contributed by atoms with van der Waals surface area (Å²) in [7, 11) is -3.58. The molecule has 3 aromatic rings. The first kappa shape index (κ1) is 24.6. The van der Waals surface area contributed by atoms with Gasteiger partial charge in [0.05, 0.1) is 23.5 Å². The van der Waals surface area contributed by atoms with Gasteiger partial charge in [0.1, 0.15) is 11.1 Å². The molecule has 2 saturated heterocycles. The molecule has 2 aliphatic heterocycles. The molecule has 3 heterocycles. The highest BCUT2D eigenvalue weighted by molar-refractivity contribution is 8.00. The molecule has 0 unspecified atom stereocenters. The summed E-state index contributed by atoms with van der Waals surface area (Å²) in [6.07, 6.45) is 1.59. The van der Waals surface area contributed by atoms with Crippen molar-refractivity contribution in [3.05, 3.63) is 89.4 Å². The van der Waals surface area contributed by atoms with Crippen LogP contribution < -0.4 is 0 Å². The Morgan fingerprint density at radius 3 is 2.33 bits per heavy atom. The number of rotatable bonds is 6. The summed E-state index contributed by atoms with van der Waals surface area (Å²) in [5.41, 5.74) is 2.49. The number of furan rings is 1. The fourth-order valence-corrected chi connectivity index (χ4v) is 7.05. The molecule has 1 aromatic heterocycles. The molecular weight excluding hydrogens is 498 g/mol. The molecule has 1 atom stereocenters. The van der Waals surface area contributed by atoms with E-state index in [0.717, 1.165) is 16.9 Å². The number of hydrogen-bond acceptors (Lipinski definition) is 6. The van der Waals surface area contributed by atoms with Gasteiger partial charge in [0.15, 0.2) is 0 Å². The Balaban J connectivity index is 1.22. The zero-order valence-corrected chi connectivity index (χ0v) is 21.5. The van der Waals surface area contributed by atoms with Crippen molar-refractivity contribution in [1.82, 2.24) is 14.1 Å². The average Bonchev–Trinajstić information content (AvgIpc) is 3.54. The molecular formula is C26H27N3O5S2. The Kier molecular flexibility index (Phi) is 6.92. The van der Waals surface area contributed by atoms with Crippen LogP contribution in [0.4, 0.5) is 0 Å². The van der Waals surface area contributed by atoms with E-state index >= 15 is 0 Å². The van der Waals surface area contributed by atoms with Gasteiger partial charge in [-0.25, -0.2) is 8.42 Å². The third-order valence-electron chi connectivity index (χ3n) is 6.50. The minimum absolute atomic E-state index is 0.0556. The van der Waals surface area contributed by atoms with Gasteiger partial charge in [-0.15, -0.1) is 11.8 Å². The number of amides is 2. The van der Waals surface area contributed by atoms with E-state index in [9.17, 15) is 18.0 Å². The molecule has 2 aromatic carbocycles. The molecule has 0 spiro atoms. The van der Waals surface area contributed by atoms with Gasteiger partial charge >= 0.3 is 0 Å². The lowest BCUT2D eigenvalue weighted by Crippen LogP contribution is -2.50. The van der Waals surface area contributed by atoms with Gasteiger partial charge < -0.3 is 14.2 Å². The van der Waals surface area contributed by atoms with Crippen molar-refractivity contribution in [2.75, 3.05) is 31.9 Å². The van der Waals surface area contributed by atoms with Crippen LogP contribution in [0.2, 0.25) is 0 Å². The van der Waals surface area contributed by atoms with Crippen molar-refractivity contribution in [2.24, 2.45) is 0 Å². The summed E-state index contributed by atoms with van der Waals surface area (Å²) in [5.74, 6) is 1.06. The number of benzene rings is 2. The van der Waals surface area contributed by atoms with E-state index in [1.54, 1.807) is 70.3 Å². The van der Waals surface area contributed by atoms with Gasteiger partial charge in [0.25, 0.3) is 5.91 Å². The number of sulfonamides is 1. The molecule has 8 nitrogen and oxygen atoms in total. The lowest BCUT2D eigenvalue weighted by molar-refractivity contribution is -0.128. The Morgan fingerprint density at radius 1 is 1.00 bits per heavy atom. The Hall–Kier alpha value is -3.08. The van der Waals surface area contributed by atoms with Crippen LogP contribution in [0.1, 0.15) is 32.6 Å². The van der Waals surface area contributed by atoms with E-state index in [1.165, 1.54) is 4.31 Å². The van der Waals surface area contributed by atoms with E-state index in [4.69, 9.17) is 4.42 Å². The standard InChI is InChI=1S/C26H27N3O5S2/c1-19-4-10-23(11-5-19)36(32,33)28-14-12-27(13-15-28)25(31)20-6-8-21(9-7-20)26-29(24(30)18-35-26)17-22-3-2-16-34-22/h2-11,16,26H,12-15,17-18H2,1H3/t26-/m0/s1. The van der Waals surface area contributed by atoms with Crippen molar-refractivity contribution in [1.29, 1.82) is 0 Å². The van der Waals surface area contributed by atoms with Crippen LogP contribution in [0.3, 0.4) is 0 Å². The zero-order chi connectivity index (χ0) is 25.3. The van der Waals surface area contributed by atoms with E-state index in [1.807, 2.05) is 25.1 Å². The molecule has 0 saturated carbocycles. The predicted molar refractivity (Wildman–Crippen MR) is 137 cm³/mol. The number of thioether (sulfide) groups is 1. The fraction of sp³-hybridized carbons (Fsp3) is 0.308. The highest BCUT2D eigenvalue weighted by Crippen LogP contribution is 2.39. The van der Waals surface area contributed by atoms with E-state index in [-0.39, 0.29) is 35.2 Å². The summed E-state index contributed by atoms with van der Waals surface area (Å²) in [6, 6.07) is 17.8. The largest absolute Gasteiger partial charge is 0.467 e. The average molecular weight is 526 g/mol. The van der Waals surface area contributed by atoms with Gasteiger partial charge in [-0.3, -0.25) is 9.59 Å². The molecule has 188 valence electrons. The highest BCUT2D eigenvalue weighted by Gasteiger charge is 2.34. The minimum Gasteiger partial charge on any atom is -0.467 e. The van der Waals surface area contributed by atoms with E-state index < -0.39 is 10.0 Å². The number of hydrogen-bond donors (Lipinski definition) is 0. The van der Waals surface area contributed by atoms with Crippen LogP contribution in [-0.2, 0) is 21.4 Å². The summed E-state index contributed by atoms with van der Waals surface area (Å²) >= 11 is 1.55. The lowest BCUT2D eigenvalue weighted by Gasteiger charge is -2.34. The topological polar surface area (TPSA) is 91.1 Å². The first-order valence-electron chi connectivity index (χ1n) is 11.7. The molecule has 2 amide bonds. The normalized spacial score (nSPS) is 19.1. The van der Waals surface area contributed by atoms with Gasteiger partial charge in [0, 0.05) is 31.7 Å². The number of aryl methyl sites for hydroxylation is 1. The molecule has 2 fully saturated rings. The van der Waals surface area contributed by atoms with Crippen molar-refractivity contribution in [3.8, 4) is 0 Å². The maximum absolute atomic E-state index is 13.1. The number of nitrogens with zero attached hydrogens (tertiary/aromatic N) is 3. The van der Waals surface area contributed by atoms with Crippen LogP contribution in [0.15, 0.2) is 76.2 Å². The molecule has 2 aliphatic rings. The monoisotopic (exact) mass is 525 g/mol. The molecule has 5 rings (SSSR count). The van der Waals surface area contributed by atoms with Crippen LogP contribution in [0.5, 0.6) is 0 Å². The van der Waals surface area contributed by atoms with Gasteiger partial charge in [0.2, 0.25) is 15.9 Å². The third-order valence-corrected chi connectivity index (χ3v) is 9.67. The summed E-state index contributed by atoms with van der Waals surface area (Å²) in [4.78, 5) is 29.3. The maximum Gasteiger partial charge on any atom is 0.253 e. The number of piperazine rings is 1. The van der Waals surface area contributed by atoms with Crippen LogP contribution >= 0.6 is 11.8 Å². The molecule has 10 heteroatoms. The predicted octanol–water partition coefficient (Wildman–Crippen LogP) is 3.51. The summed E-state index contributed by atoms with van der Waals surface area (Å²) < 4.78 is 32.7. The van der Waals surface area contributed by atoms with Crippen LogP contribution in [-0.4, -0.2) is 66.3 Å². The van der Waals surface area contributed by atoms with Gasteiger partial charge in [-0.05, 0) is 48.9 Å². The van der Waals surface area contributed by atoms with Crippen LogP contribution in [0.25, 0.3) is 0 Å². The van der Waals surface area contributed by atoms with Crippen LogP contribution in [0, 0.1) is 6.92 Å². The Bertz CT molecular complexity index is 1330. The quantitative estimate of drug-likeness (QED) is 0.489. The van der Waals surface area contributed by atoms with Gasteiger partial charge in [-0.1, -0.05) is 29.8 Å². The van der Waals surface area contributed by atoms with Crippen molar-refractivity contribution >= 4 is 33.6 Å². The first-order chi connectivity index (χ1) is 17.3. The van der Waals surface area contributed by atoms with E-state index in [0.29, 0.717) is 31.0 Å². The minimum atomic E-state index is -3.58. The second-order valence-corrected chi connectivity index (χ2v) is 11.9. The molecule has 36 heavy (non-hydrogen) atoms. The smallest absolute Gasteiger partial charge is 0.253 e. The Labute approximate surface area is 214 Å². The lowest BCUT2D eigenvalue weighted by atomic mass is 10.1. The van der Waals surface area contributed by atoms with Crippen molar-refractivity contribution < 1.29 is 22.4 Å². The van der Waals surface area contributed by atoms with Gasteiger partial charge in [-0.2, -0.15) is 4.31 Å². The highest BCUT2D eigenvalue weighted by atomic mass is 32.2. The maximum atomic E-state index is 13.1. The summed E-state index contributed by atoms with van der Waals surface area (Å²) in [6.45, 7) is 3.48. The summed E-state index contributed by atoms with van der Waals surface area (Å²) in [5, 5.41) is -0.137. The number of carbonyl (C=O) groups excluding carboxylic acids is 2. The Morgan fingerprint density at radius 2 is 1.69 bits per heavy atom. The van der Waals surface area contributed by atoms with Crippen molar-refractivity contribution in [2.45, 2.75) is 23.7 Å². The number of carbonyl (C=O) groups is 2. The second kappa shape index (κ2) is 10.1. The molecule has 0 N–H and O–H groups in total. The zero-order valence-electron chi connectivity index (χ0n) is 19.9. The molecule has 0 radical (unpaired) electrons. The van der Waals surface area contributed by atoms with E-state index in [2.05, 4.69) is 0 Å². The van der Waals surface area contributed by atoms with Crippen molar-refractivity contribution in [3.63, 3.8) is 0 Å². The first-order valence-corrected chi connectivity index (χ1v) is 14.2. The second-order valence-electron chi connectivity index (χ2n) is 8.90. The molecule has 0 aliphatic carbocycles. The SMILES string of the molecule is Cc1ccc(S(=O)(=O)N2CCN(C(=O)c3ccc([C@@H]4SCC(=O)N4Cc4ccco4)cc3)CC2)cc1.